The third-order valence-corrected chi connectivity index (χ3v) is 3.76. The van der Waals surface area contributed by atoms with Crippen LogP contribution in [0.4, 0.5) is 13.2 Å². The minimum atomic E-state index is -4.35. The van der Waals surface area contributed by atoms with Gasteiger partial charge in [0.2, 0.25) is 0 Å². The number of thiazole rings is 1. The highest BCUT2D eigenvalue weighted by Crippen LogP contribution is 2.31. The second kappa shape index (κ2) is 6.03. The number of rotatable bonds is 5. The molecule has 0 saturated carbocycles. The van der Waals surface area contributed by atoms with Crippen LogP contribution in [0.5, 0.6) is 0 Å². The number of hydrogen-bond acceptors (Lipinski definition) is 3. The summed E-state index contributed by atoms with van der Waals surface area (Å²) in [5, 5.41) is 9.90. The van der Waals surface area contributed by atoms with Gasteiger partial charge in [-0.1, -0.05) is 6.92 Å². The van der Waals surface area contributed by atoms with Crippen molar-refractivity contribution in [2.75, 3.05) is 0 Å². The van der Waals surface area contributed by atoms with Crippen LogP contribution in [0.15, 0.2) is 6.20 Å². The van der Waals surface area contributed by atoms with Crippen molar-refractivity contribution in [2.24, 2.45) is 0 Å². The largest absolute Gasteiger partial charge is 0.389 e. The number of hydrogen-bond donors (Lipinski definition) is 0. The summed E-state index contributed by atoms with van der Waals surface area (Å²) in [4.78, 5) is 7.90. The Morgan fingerprint density at radius 3 is 2.58 bits per heavy atom. The normalized spacial score (nSPS) is 14.4. The first kappa shape index (κ1) is 15.5. The first-order chi connectivity index (χ1) is 8.84. The van der Waals surface area contributed by atoms with Gasteiger partial charge in [-0.15, -0.1) is 11.3 Å². The van der Waals surface area contributed by atoms with Crippen LogP contribution in [0.3, 0.4) is 0 Å². The molecule has 0 N–H and O–H groups in total. The summed E-state index contributed by atoms with van der Waals surface area (Å²) in [6, 6.07) is 1.74. The van der Waals surface area contributed by atoms with Gasteiger partial charge in [-0.2, -0.15) is 18.4 Å². The Bertz CT molecular complexity index is 494. The molecule has 102 valence electrons. The van der Waals surface area contributed by atoms with Gasteiger partial charge in [0, 0.05) is 17.5 Å². The molecule has 0 radical (unpaired) electrons. The summed E-state index contributed by atoms with van der Waals surface area (Å²) < 4.78 is 36.7. The zero-order chi connectivity index (χ0) is 14.5. The second-order valence-corrected chi connectivity index (χ2v) is 5.32. The molecule has 1 unspecified atom stereocenters. The maximum Gasteiger partial charge on any atom is 0.389 e. The van der Waals surface area contributed by atoms with E-state index in [9.17, 15) is 13.2 Å². The molecule has 7 heteroatoms. The molecule has 0 aromatic carbocycles. The average Bonchev–Trinajstić information content (AvgIpc) is 2.81. The van der Waals surface area contributed by atoms with Crippen molar-refractivity contribution in [1.29, 1.82) is 5.26 Å². The smallest absolute Gasteiger partial charge is 0.294 e. The van der Waals surface area contributed by atoms with Gasteiger partial charge in [0.1, 0.15) is 0 Å². The lowest BCUT2D eigenvalue weighted by Gasteiger charge is -2.14. The van der Waals surface area contributed by atoms with E-state index in [4.69, 9.17) is 11.8 Å². The minimum Gasteiger partial charge on any atom is -0.294 e. The lowest BCUT2D eigenvalue weighted by atomic mass is 9.91. The molecule has 3 nitrogen and oxygen atoms in total. The van der Waals surface area contributed by atoms with Gasteiger partial charge in [0.15, 0.2) is 6.07 Å². The Morgan fingerprint density at radius 2 is 2.16 bits per heavy atom. The van der Waals surface area contributed by atoms with Crippen molar-refractivity contribution < 1.29 is 13.2 Å². The molecular formula is C12H12F3N3S. The van der Waals surface area contributed by atoms with Crippen LogP contribution < -0.4 is 0 Å². The lowest BCUT2D eigenvalue weighted by Crippen LogP contribution is -2.27. The van der Waals surface area contributed by atoms with E-state index in [0.717, 1.165) is 11.4 Å². The van der Waals surface area contributed by atoms with E-state index in [1.54, 1.807) is 6.07 Å². The predicted octanol–water partition coefficient (Wildman–Crippen LogP) is 3.77. The summed E-state index contributed by atoms with van der Waals surface area (Å²) in [7, 11) is 0. The number of aromatic nitrogens is 1. The SMILES string of the molecule is [C-]#[N+]C(C#N)(CCC(F)(F)F)Cc1cnc(CC)s1. The van der Waals surface area contributed by atoms with Crippen molar-refractivity contribution in [3.8, 4) is 6.07 Å². The van der Waals surface area contributed by atoms with E-state index in [2.05, 4.69) is 9.83 Å². The lowest BCUT2D eigenvalue weighted by molar-refractivity contribution is -0.136. The number of nitrogens with zero attached hydrogens (tertiary/aromatic N) is 3. The Hall–Kier alpha value is -1.60. The van der Waals surface area contributed by atoms with Gasteiger partial charge >= 0.3 is 11.7 Å². The van der Waals surface area contributed by atoms with Gasteiger partial charge in [-0.05, 0) is 6.42 Å². The van der Waals surface area contributed by atoms with E-state index < -0.39 is 24.6 Å². The maximum absolute atomic E-state index is 12.2. The maximum atomic E-state index is 12.2. The van der Waals surface area contributed by atoms with Crippen molar-refractivity contribution in [1.82, 2.24) is 4.98 Å². The van der Waals surface area contributed by atoms with Crippen LogP contribution in [0, 0.1) is 17.9 Å². The van der Waals surface area contributed by atoms with Crippen LogP contribution in [-0.4, -0.2) is 16.7 Å². The van der Waals surface area contributed by atoms with Gasteiger partial charge < -0.3 is 0 Å². The van der Waals surface area contributed by atoms with Gasteiger partial charge in [-0.3, -0.25) is 4.85 Å². The third-order valence-electron chi connectivity index (χ3n) is 2.61. The third kappa shape index (κ3) is 4.53. The van der Waals surface area contributed by atoms with E-state index in [1.807, 2.05) is 6.92 Å². The van der Waals surface area contributed by atoms with Crippen LogP contribution >= 0.6 is 11.3 Å². The Balaban J connectivity index is 2.83. The quantitative estimate of drug-likeness (QED) is 0.773. The average molecular weight is 287 g/mol. The molecular weight excluding hydrogens is 275 g/mol. The van der Waals surface area contributed by atoms with Crippen LogP contribution in [0.2, 0.25) is 0 Å². The highest BCUT2D eigenvalue weighted by atomic mass is 32.1. The van der Waals surface area contributed by atoms with E-state index in [1.165, 1.54) is 17.5 Å². The molecule has 0 aliphatic carbocycles. The molecule has 1 aromatic heterocycles. The molecule has 19 heavy (non-hydrogen) atoms. The fourth-order valence-corrected chi connectivity index (χ4v) is 2.50. The summed E-state index contributed by atoms with van der Waals surface area (Å²) in [5.74, 6) is 0. The molecule has 0 bridgehead atoms. The second-order valence-electron chi connectivity index (χ2n) is 4.12. The predicted molar refractivity (Wildman–Crippen MR) is 65.4 cm³/mol. The van der Waals surface area contributed by atoms with Gasteiger partial charge in [0.25, 0.3) is 0 Å². The molecule has 0 spiro atoms. The van der Waals surface area contributed by atoms with Gasteiger partial charge in [-0.25, -0.2) is 11.6 Å². The number of halogens is 3. The highest BCUT2D eigenvalue weighted by molar-refractivity contribution is 7.11. The number of alkyl halides is 3. The summed E-state index contributed by atoms with van der Waals surface area (Å²) in [6.07, 6.45) is -3.72. The molecule has 1 atom stereocenters. The number of aryl methyl sites for hydroxylation is 1. The Morgan fingerprint density at radius 1 is 1.47 bits per heavy atom. The fourth-order valence-electron chi connectivity index (χ4n) is 1.53. The van der Waals surface area contributed by atoms with Gasteiger partial charge in [0.05, 0.1) is 17.8 Å². The monoisotopic (exact) mass is 287 g/mol. The first-order valence-corrected chi connectivity index (χ1v) is 6.46. The summed E-state index contributed by atoms with van der Waals surface area (Å²) >= 11 is 1.34. The van der Waals surface area contributed by atoms with Crippen LogP contribution in [0.1, 0.15) is 29.7 Å². The first-order valence-electron chi connectivity index (χ1n) is 5.64. The van der Waals surface area contributed by atoms with Crippen LogP contribution in [0.25, 0.3) is 4.85 Å². The Kier molecular flexibility index (Phi) is 4.90. The summed E-state index contributed by atoms with van der Waals surface area (Å²) in [6.45, 7) is 8.95. The minimum absolute atomic E-state index is 0.000741. The van der Waals surface area contributed by atoms with Crippen molar-refractivity contribution >= 4 is 11.3 Å². The summed E-state index contributed by atoms with van der Waals surface area (Å²) in [5.41, 5.74) is -1.65. The van der Waals surface area contributed by atoms with Crippen molar-refractivity contribution in [2.45, 2.75) is 44.3 Å². The number of nitriles is 1. The molecule has 1 rings (SSSR count). The van der Waals surface area contributed by atoms with E-state index >= 15 is 0 Å². The Labute approximate surface area is 113 Å². The molecule has 0 amide bonds. The standard InChI is InChI=1S/C12H12F3N3S/c1-3-10-18-7-9(19-10)6-11(8-16,17-2)4-5-12(13,14)15/h7H,3-6H2,1H3. The topological polar surface area (TPSA) is 41.0 Å². The molecule has 1 heterocycles. The molecule has 1 aromatic rings. The zero-order valence-corrected chi connectivity index (χ0v) is 11.1. The van der Waals surface area contributed by atoms with E-state index in [0.29, 0.717) is 4.88 Å². The fraction of sp³-hybridized carbons (Fsp3) is 0.583. The zero-order valence-electron chi connectivity index (χ0n) is 10.3. The molecule has 0 fully saturated rings. The van der Waals surface area contributed by atoms with Crippen molar-refractivity contribution in [3.05, 3.63) is 27.5 Å². The molecule has 0 aliphatic rings. The van der Waals surface area contributed by atoms with E-state index in [-0.39, 0.29) is 6.42 Å². The van der Waals surface area contributed by atoms with Crippen LogP contribution in [-0.2, 0) is 12.8 Å². The van der Waals surface area contributed by atoms with Crippen molar-refractivity contribution in [3.63, 3.8) is 0 Å². The molecule has 0 saturated heterocycles. The highest BCUT2D eigenvalue weighted by Gasteiger charge is 2.42. The molecule has 0 aliphatic heterocycles.